The second kappa shape index (κ2) is 4.52. The minimum Gasteiger partial charge on any atom is -0.354 e. The first-order valence-electron chi connectivity index (χ1n) is 5.86. The molecule has 1 aliphatic carbocycles. The number of carbonyl (C=O) groups is 1. The van der Waals surface area contributed by atoms with E-state index in [4.69, 9.17) is 0 Å². The van der Waals surface area contributed by atoms with Crippen molar-refractivity contribution >= 4 is 5.91 Å². The van der Waals surface area contributed by atoms with Gasteiger partial charge in [0.25, 0.3) is 0 Å². The number of nitrogens with one attached hydrogen (secondary N) is 2. The van der Waals surface area contributed by atoms with E-state index in [0.717, 1.165) is 6.54 Å². The maximum absolute atomic E-state index is 11.6. The number of carbonyl (C=O) groups excluding carboxylic acids is 1. The van der Waals surface area contributed by atoms with Crippen LogP contribution >= 0.6 is 0 Å². The molecule has 1 saturated carbocycles. The van der Waals surface area contributed by atoms with Gasteiger partial charge in [-0.2, -0.15) is 0 Å². The molecule has 2 atom stereocenters. The molecule has 3 nitrogen and oxygen atoms in total. The monoisotopic (exact) mass is 212 g/mol. The number of rotatable bonds is 5. The second-order valence-corrected chi connectivity index (χ2v) is 5.77. The maximum Gasteiger partial charge on any atom is 0.236 e. The quantitative estimate of drug-likeness (QED) is 0.725. The Labute approximate surface area is 93.0 Å². The molecule has 1 aliphatic rings. The van der Waals surface area contributed by atoms with Crippen LogP contribution in [0.3, 0.4) is 0 Å². The lowest BCUT2D eigenvalue weighted by Crippen LogP contribution is -2.44. The maximum atomic E-state index is 11.6. The van der Waals surface area contributed by atoms with E-state index in [1.54, 1.807) is 0 Å². The zero-order chi connectivity index (χ0) is 11.6. The van der Waals surface area contributed by atoms with Gasteiger partial charge in [-0.3, -0.25) is 4.79 Å². The lowest BCUT2D eigenvalue weighted by Gasteiger charge is -2.16. The average Bonchev–Trinajstić information content (AvgIpc) is 2.69. The zero-order valence-electron chi connectivity index (χ0n) is 10.6. The number of amides is 1. The van der Waals surface area contributed by atoms with Gasteiger partial charge in [-0.15, -0.1) is 0 Å². The molecule has 1 fully saturated rings. The molecule has 3 heteroatoms. The lowest BCUT2D eigenvalue weighted by molar-refractivity contribution is -0.123. The minimum absolute atomic E-state index is 0.0736. The van der Waals surface area contributed by atoms with Crippen LogP contribution in [0.25, 0.3) is 0 Å². The third kappa shape index (κ3) is 3.82. The van der Waals surface area contributed by atoms with Crippen LogP contribution in [-0.2, 0) is 4.79 Å². The highest BCUT2D eigenvalue weighted by molar-refractivity contribution is 5.81. The van der Waals surface area contributed by atoms with E-state index in [9.17, 15) is 4.79 Å². The summed E-state index contributed by atoms with van der Waals surface area (Å²) >= 11 is 0. The van der Waals surface area contributed by atoms with Crippen LogP contribution < -0.4 is 10.6 Å². The van der Waals surface area contributed by atoms with Crippen molar-refractivity contribution in [3.8, 4) is 0 Å². The van der Waals surface area contributed by atoms with Gasteiger partial charge in [-0.05, 0) is 24.7 Å². The molecular weight excluding hydrogens is 188 g/mol. The van der Waals surface area contributed by atoms with Gasteiger partial charge in [0.1, 0.15) is 0 Å². The Hall–Kier alpha value is -0.570. The summed E-state index contributed by atoms with van der Waals surface area (Å²) in [5.74, 6) is 0.630. The molecule has 88 valence electrons. The summed E-state index contributed by atoms with van der Waals surface area (Å²) in [6, 6.07) is 0.438. The SMILES string of the molecule is CC(C)CNC(=O)C(C)NC1CC1(C)C. The van der Waals surface area contributed by atoms with Crippen LogP contribution in [-0.4, -0.2) is 24.5 Å². The fraction of sp³-hybridized carbons (Fsp3) is 0.917. The van der Waals surface area contributed by atoms with Gasteiger partial charge < -0.3 is 10.6 Å². The van der Waals surface area contributed by atoms with Crippen molar-refractivity contribution in [2.24, 2.45) is 11.3 Å². The topological polar surface area (TPSA) is 41.1 Å². The van der Waals surface area contributed by atoms with Crippen molar-refractivity contribution < 1.29 is 4.79 Å². The standard InChI is InChI=1S/C12H24N2O/c1-8(2)7-13-11(15)9(3)14-10-6-12(10,4)5/h8-10,14H,6-7H2,1-5H3,(H,13,15). The smallest absolute Gasteiger partial charge is 0.236 e. The van der Waals surface area contributed by atoms with Crippen molar-refractivity contribution in [3.05, 3.63) is 0 Å². The molecule has 2 N–H and O–H groups in total. The molecule has 0 aliphatic heterocycles. The normalized spacial score (nSPS) is 25.1. The van der Waals surface area contributed by atoms with Crippen molar-refractivity contribution in [3.63, 3.8) is 0 Å². The molecule has 0 aromatic heterocycles. The Morgan fingerprint density at radius 3 is 2.33 bits per heavy atom. The van der Waals surface area contributed by atoms with Gasteiger partial charge in [-0.25, -0.2) is 0 Å². The lowest BCUT2D eigenvalue weighted by atomic mass is 10.1. The van der Waals surface area contributed by atoms with Gasteiger partial charge >= 0.3 is 0 Å². The number of hydrogen-bond donors (Lipinski definition) is 2. The molecule has 0 spiro atoms. The Bertz CT molecular complexity index is 236. The largest absolute Gasteiger partial charge is 0.354 e. The van der Waals surface area contributed by atoms with Crippen LogP contribution in [0.1, 0.15) is 41.0 Å². The predicted molar refractivity (Wildman–Crippen MR) is 62.6 cm³/mol. The van der Waals surface area contributed by atoms with E-state index in [2.05, 4.69) is 38.3 Å². The Kier molecular flexibility index (Phi) is 3.77. The molecule has 0 heterocycles. The van der Waals surface area contributed by atoms with E-state index in [-0.39, 0.29) is 11.9 Å². The molecule has 0 radical (unpaired) electrons. The third-order valence-corrected chi connectivity index (χ3v) is 3.04. The van der Waals surface area contributed by atoms with Gasteiger partial charge in [0.15, 0.2) is 0 Å². The van der Waals surface area contributed by atoms with Crippen LogP contribution in [0.2, 0.25) is 0 Å². The number of hydrogen-bond acceptors (Lipinski definition) is 2. The van der Waals surface area contributed by atoms with Gasteiger partial charge in [0.05, 0.1) is 6.04 Å². The van der Waals surface area contributed by atoms with Crippen LogP contribution in [0.5, 0.6) is 0 Å². The van der Waals surface area contributed by atoms with E-state index in [1.807, 2.05) is 6.92 Å². The molecule has 0 aromatic rings. The Balaban J connectivity index is 2.22. The van der Waals surface area contributed by atoms with Crippen molar-refractivity contribution in [2.75, 3.05) is 6.54 Å². The molecule has 2 unspecified atom stereocenters. The third-order valence-electron chi connectivity index (χ3n) is 3.04. The van der Waals surface area contributed by atoms with Crippen LogP contribution in [0.15, 0.2) is 0 Å². The van der Waals surface area contributed by atoms with Crippen molar-refractivity contribution in [1.82, 2.24) is 10.6 Å². The first-order chi connectivity index (χ1) is 6.83. The summed E-state index contributed by atoms with van der Waals surface area (Å²) in [5.41, 5.74) is 0.382. The highest BCUT2D eigenvalue weighted by Gasteiger charge is 2.46. The summed E-state index contributed by atoms with van der Waals surface area (Å²) in [4.78, 5) is 11.6. The summed E-state index contributed by atoms with van der Waals surface area (Å²) in [6.45, 7) is 11.3. The van der Waals surface area contributed by atoms with E-state index >= 15 is 0 Å². The zero-order valence-corrected chi connectivity index (χ0v) is 10.6. The first-order valence-corrected chi connectivity index (χ1v) is 5.86. The fourth-order valence-electron chi connectivity index (χ4n) is 1.59. The highest BCUT2D eigenvalue weighted by Crippen LogP contribution is 2.44. The van der Waals surface area contributed by atoms with Gasteiger partial charge in [0, 0.05) is 12.6 Å². The molecular formula is C12H24N2O. The first kappa shape index (κ1) is 12.5. The molecule has 1 amide bonds. The minimum atomic E-state index is -0.0736. The summed E-state index contributed by atoms with van der Waals surface area (Å²) in [5, 5.41) is 6.30. The molecule has 0 aromatic carbocycles. The summed E-state index contributed by atoms with van der Waals surface area (Å²) in [6.07, 6.45) is 1.18. The molecule has 0 bridgehead atoms. The van der Waals surface area contributed by atoms with Crippen LogP contribution in [0.4, 0.5) is 0 Å². The van der Waals surface area contributed by atoms with Gasteiger partial charge in [0.2, 0.25) is 5.91 Å². The average molecular weight is 212 g/mol. The second-order valence-electron chi connectivity index (χ2n) is 5.77. The van der Waals surface area contributed by atoms with Crippen LogP contribution in [0, 0.1) is 11.3 Å². The predicted octanol–water partition coefficient (Wildman–Crippen LogP) is 1.54. The summed E-state index contributed by atoms with van der Waals surface area (Å²) in [7, 11) is 0. The Morgan fingerprint density at radius 2 is 1.93 bits per heavy atom. The Morgan fingerprint density at radius 1 is 1.40 bits per heavy atom. The van der Waals surface area contributed by atoms with Crippen molar-refractivity contribution in [2.45, 2.75) is 53.1 Å². The van der Waals surface area contributed by atoms with Gasteiger partial charge in [-0.1, -0.05) is 27.7 Å². The van der Waals surface area contributed by atoms with E-state index in [0.29, 0.717) is 17.4 Å². The van der Waals surface area contributed by atoms with E-state index < -0.39 is 0 Å². The molecule has 0 saturated heterocycles. The highest BCUT2D eigenvalue weighted by atomic mass is 16.2. The fourth-order valence-corrected chi connectivity index (χ4v) is 1.59. The molecule has 1 rings (SSSR count). The summed E-state index contributed by atoms with van der Waals surface area (Å²) < 4.78 is 0. The molecule has 15 heavy (non-hydrogen) atoms. The van der Waals surface area contributed by atoms with Crippen molar-refractivity contribution in [1.29, 1.82) is 0 Å². The van der Waals surface area contributed by atoms with E-state index in [1.165, 1.54) is 6.42 Å².